The minimum atomic E-state index is -0.711. The van der Waals surface area contributed by atoms with Gasteiger partial charge in [0.05, 0.1) is 10.9 Å². The van der Waals surface area contributed by atoms with Gasteiger partial charge in [0.15, 0.2) is 18.2 Å². The van der Waals surface area contributed by atoms with E-state index in [4.69, 9.17) is 13.9 Å². The summed E-state index contributed by atoms with van der Waals surface area (Å²) >= 11 is 0. The summed E-state index contributed by atoms with van der Waals surface area (Å²) in [5.74, 6) is -0.659. The van der Waals surface area contributed by atoms with Crippen LogP contribution in [-0.4, -0.2) is 12.6 Å². The molecule has 1 aromatic heterocycles. The third-order valence-electron chi connectivity index (χ3n) is 4.52. The molecule has 0 bridgehead atoms. The minimum Gasteiger partial charge on any atom is -0.479 e. The van der Waals surface area contributed by atoms with Crippen LogP contribution in [0.5, 0.6) is 11.5 Å². The Morgan fingerprint density at radius 1 is 1.00 bits per heavy atom. The van der Waals surface area contributed by atoms with Crippen LogP contribution < -0.4 is 14.9 Å². The second kappa shape index (κ2) is 8.21. The lowest BCUT2D eigenvalue weighted by molar-refractivity contribution is -0.136. The fourth-order valence-electron chi connectivity index (χ4n) is 3.15. The van der Waals surface area contributed by atoms with Gasteiger partial charge in [-0.15, -0.1) is 0 Å². The molecule has 0 atom stereocenters. The molecule has 6 heteroatoms. The summed E-state index contributed by atoms with van der Waals surface area (Å²) in [6.07, 6.45) is 0. The number of ether oxygens (including phenoxy) is 2. The maximum Gasteiger partial charge on any atom is 0.349 e. The van der Waals surface area contributed by atoms with Crippen LogP contribution in [0, 0.1) is 12.7 Å². The number of hydrogen-bond acceptors (Lipinski definition) is 5. The van der Waals surface area contributed by atoms with Crippen LogP contribution in [0.4, 0.5) is 4.39 Å². The Balaban J connectivity index is 1.56. The zero-order valence-electron chi connectivity index (χ0n) is 16.1. The van der Waals surface area contributed by atoms with E-state index in [0.29, 0.717) is 22.3 Å². The van der Waals surface area contributed by atoms with E-state index >= 15 is 0 Å². The van der Waals surface area contributed by atoms with Gasteiger partial charge in [0, 0.05) is 6.07 Å². The van der Waals surface area contributed by atoms with E-state index < -0.39 is 18.4 Å². The van der Waals surface area contributed by atoms with E-state index in [1.807, 2.05) is 30.3 Å². The normalized spacial score (nSPS) is 10.7. The van der Waals surface area contributed by atoms with Crippen LogP contribution in [0.15, 0.2) is 82.0 Å². The number of halogens is 1. The second-order valence-corrected chi connectivity index (χ2v) is 6.58. The number of fused-ring (bicyclic) bond motifs is 1. The number of esters is 1. The van der Waals surface area contributed by atoms with E-state index in [2.05, 4.69) is 0 Å². The average molecular weight is 404 g/mol. The third kappa shape index (κ3) is 3.93. The second-order valence-electron chi connectivity index (χ2n) is 6.58. The van der Waals surface area contributed by atoms with Crippen LogP contribution in [0.2, 0.25) is 0 Å². The van der Waals surface area contributed by atoms with Gasteiger partial charge in [-0.25, -0.2) is 9.18 Å². The van der Waals surface area contributed by atoms with Crippen molar-refractivity contribution in [2.24, 2.45) is 0 Å². The minimum absolute atomic E-state index is 0.0389. The first-order valence-electron chi connectivity index (χ1n) is 9.24. The molecule has 30 heavy (non-hydrogen) atoms. The molecule has 0 aliphatic heterocycles. The average Bonchev–Trinajstić information content (AvgIpc) is 2.74. The Morgan fingerprint density at radius 2 is 1.73 bits per heavy atom. The van der Waals surface area contributed by atoms with E-state index in [1.165, 1.54) is 30.3 Å². The Labute approximate surface area is 171 Å². The number of para-hydroxylation sites is 1. The van der Waals surface area contributed by atoms with Crippen molar-refractivity contribution >= 4 is 16.9 Å². The van der Waals surface area contributed by atoms with Crippen molar-refractivity contribution in [2.45, 2.75) is 6.92 Å². The fraction of sp³-hybridized carbons (Fsp3) is 0.0833. The molecule has 150 valence electrons. The monoisotopic (exact) mass is 404 g/mol. The predicted octanol–water partition coefficient (Wildman–Crippen LogP) is 4.89. The lowest BCUT2D eigenvalue weighted by atomic mass is 10.0. The molecule has 0 saturated carbocycles. The Bertz CT molecular complexity index is 1280. The number of benzene rings is 3. The molecule has 0 aliphatic carbocycles. The molecule has 0 spiro atoms. The van der Waals surface area contributed by atoms with Crippen LogP contribution in [0.25, 0.3) is 22.1 Å². The molecular weight excluding hydrogens is 387 g/mol. The van der Waals surface area contributed by atoms with E-state index in [9.17, 15) is 14.0 Å². The molecule has 4 rings (SSSR count). The Morgan fingerprint density at radius 3 is 2.50 bits per heavy atom. The number of aryl methyl sites for hydroxylation is 1. The summed E-state index contributed by atoms with van der Waals surface area (Å²) in [5.41, 5.74) is 1.40. The Kier molecular flexibility index (Phi) is 5.30. The number of carbonyl (C=O) groups is 1. The van der Waals surface area contributed by atoms with Crippen molar-refractivity contribution in [3.05, 3.63) is 94.6 Å². The van der Waals surface area contributed by atoms with Gasteiger partial charge in [-0.3, -0.25) is 4.79 Å². The molecule has 0 fully saturated rings. The van der Waals surface area contributed by atoms with Gasteiger partial charge in [0.2, 0.25) is 5.43 Å². The Hall–Kier alpha value is -3.93. The molecule has 0 saturated heterocycles. The largest absolute Gasteiger partial charge is 0.479 e. The zero-order chi connectivity index (χ0) is 21.1. The molecule has 0 N–H and O–H groups in total. The smallest absolute Gasteiger partial charge is 0.349 e. The highest BCUT2D eigenvalue weighted by Crippen LogP contribution is 2.26. The molecule has 0 radical (unpaired) electrons. The molecule has 0 amide bonds. The standard InChI is InChI=1S/C24H17FO5/c1-15-23(16-7-3-2-4-8-16)24(27)18-12-11-17(13-21(18)29-15)30-22(26)14-28-20-10-6-5-9-19(20)25/h2-13H,14H2,1H3. The zero-order valence-corrected chi connectivity index (χ0v) is 16.1. The molecule has 0 aliphatic rings. The summed E-state index contributed by atoms with van der Waals surface area (Å²) in [7, 11) is 0. The van der Waals surface area contributed by atoms with Crippen LogP contribution in [-0.2, 0) is 4.79 Å². The van der Waals surface area contributed by atoms with Gasteiger partial charge in [-0.1, -0.05) is 42.5 Å². The lowest BCUT2D eigenvalue weighted by Crippen LogP contribution is -2.18. The highest BCUT2D eigenvalue weighted by molar-refractivity contribution is 5.84. The van der Waals surface area contributed by atoms with Gasteiger partial charge in [-0.05, 0) is 36.8 Å². The number of hydrogen-bond donors (Lipinski definition) is 0. The summed E-state index contributed by atoms with van der Waals surface area (Å²) in [6, 6.07) is 19.6. The van der Waals surface area contributed by atoms with Gasteiger partial charge in [-0.2, -0.15) is 0 Å². The first kappa shape index (κ1) is 19.4. The number of carbonyl (C=O) groups excluding carboxylic acids is 1. The van der Waals surface area contributed by atoms with Crippen LogP contribution >= 0.6 is 0 Å². The lowest BCUT2D eigenvalue weighted by Gasteiger charge is -2.09. The van der Waals surface area contributed by atoms with Crippen molar-refractivity contribution in [1.82, 2.24) is 0 Å². The van der Waals surface area contributed by atoms with Crippen molar-refractivity contribution in [2.75, 3.05) is 6.61 Å². The predicted molar refractivity (Wildman–Crippen MR) is 110 cm³/mol. The van der Waals surface area contributed by atoms with E-state index in [-0.39, 0.29) is 16.9 Å². The maximum atomic E-state index is 13.6. The molecule has 1 heterocycles. The topological polar surface area (TPSA) is 65.7 Å². The van der Waals surface area contributed by atoms with Gasteiger partial charge >= 0.3 is 5.97 Å². The number of rotatable bonds is 5. The van der Waals surface area contributed by atoms with E-state index in [0.717, 1.165) is 5.56 Å². The SMILES string of the molecule is Cc1oc2cc(OC(=O)COc3ccccc3F)ccc2c(=O)c1-c1ccccc1. The quantitative estimate of drug-likeness (QED) is 0.350. The summed E-state index contributed by atoms with van der Waals surface area (Å²) in [5, 5.41) is 0.377. The molecular formula is C24H17FO5. The molecule has 3 aromatic carbocycles. The highest BCUT2D eigenvalue weighted by atomic mass is 19.1. The van der Waals surface area contributed by atoms with Crippen molar-refractivity contribution < 1.29 is 23.1 Å². The van der Waals surface area contributed by atoms with E-state index in [1.54, 1.807) is 19.1 Å². The van der Waals surface area contributed by atoms with Crippen LogP contribution in [0.1, 0.15) is 5.76 Å². The van der Waals surface area contributed by atoms with Gasteiger partial charge in [0.25, 0.3) is 0 Å². The summed E-state index contributed by atoms with van der Waals surface area (Å²) in [4.78, 5) is 25.0. The molecule has 0 unspecified atom stereocenters. The summed E-state index contributed by atoms with van der Waals surface area (Å²) in [6.45, 7) is 1.25. The first-order valence-corrected chi connectivity index (χ1v) is 9.24. The van der Waals surface area contributed by atoms with Gasteiger partial charge < -0.3 is 13.9 Å². The van der Waals surface area contributed by atoms with Crippen molar-refractivity contribution in [3.63, 3.8) is 0 Å². The first-order chi connectivity index (χ1) is 14.5. The van der Waals surface area contributed by atoms with Crippen molar-refractivity contribution in [1.29, 1.82) is 0 Å². The van der Waals surface area contributed by atoms with Crippen LogP contribution in [0.3, 0.4) is 0 Å². The highest BCUT2D eigenvalue weighted by Gasteiger charge is 2.15. The van der Waals surface area contributed by atoms with Gasteiger partial charge in [0.1, 0.15) is 17.1 Å². The summed E-state index contributed by atoms with van der Waals surface area (Å²) < 4.78 is 29.7. The third-order valence-corrected chi connectivity index (χ3v) is 4.52. The molecule has 4 aromatic rings. The fourth-order valence-corrected chi connectivity index (χ4v) is 3.15. The maximum absolute atomic E-state index is 13.6. The molecule has 5 nitrogen and oxygen atoms in total. The van der Waals surface area contributed by atoms with Crippen molar-refractivity contribution in [3.8, 4) is 22.6 Å².